The van der Waals surface area contributed by atoms with Gasteiger partial charge in [-0.3, -0.25) is 14.9 Å². The molecule has 8 heteroatoms. The molecule has 1 aromatic carbocycles. The molecule has 1 heterocycles. The molecule has 1 fully saturated rings. The number of nitrogens with zero attached hydrogens (tertiary/aromatic N) is 1. The molecule has 30 heavy (non-hydrogen) atoms. The summed E-state index contributed by atoms with van der Waals surface area (Å²) in [5.74, 6) is 0.332. The Morgan fingerprint density at radius 3 is 2.53 bits per heavy atom. The summed E-state index contributed by atoms with van der Waals surface area (Å²) in [5.41, 5.74) is 1.11. The van der Waals surface area contributed by atoms with Crippen molar-refractivity contribution in [2.45, 2.75) is 51.7 Å². The van der Waals surface area contributed by atoms with Gasteiger partial charge in [0.25, 0.3) is 0 Å². The standard InChI is InChI=1S/C22H32N2O5S/c1-4-28-21(26)18(12-11-17-9-7-6-8-10-17)23-16(3)20(25)24-13-14-30-15-19(24)22(27)29-5-2/h6-10,16,18-19,23H,4-5,11-15H2,1-3H3/t16-,18?,19?/m0/s1. The molecule has 0 spiro atoms. The Labute approximate surface area is 182 Å². The Bertz CT molecular complexity index is 700. The summed E-state index contributed by atoms with van der Waals surface area (Å²) in [5, 5.41) is 3.14. The van der Waals surface area contributed by atoms with E-state index in [1.165, 1.54) is 0 Å². The molecule has 1 amide bonds. The lowest BCUT2D eigenvalue weighted by Crippen LogP contribution is -2.57. The second-order valence-electron chi connectivity index (χ2n) is 7.09. The van der Waals surface area contributed by atoms with Crippen molar-refractivity contribution < 1.29 is 23.9 Å². The van der Waals surface area contributed by atoms with E-state index in [4.69, 9.17) is 9.47 Å². The zero-order chi connectivity index (χ0) is 21.9. The highest BCUT2D eigenvalue weighted by molar-refractivity contribution is 7.99. The van der Waals surface area contributed by atoms with Gasteiger partial charge >= 0.3 is 11.9 Å². The number of hydrogen-bond acceptors (Lipinski definition) is 7. The fraction of sp³-hybridized carbons (Fsp3) is 0.591. The molecule has 1 saturated heterocycles. The van der Waals surface area contributed by atoms with Gasteiger partial charge in [0, 0.05) is 18.1 Å². The first-order valence-corrected chi connectivity index (χ1v) is 11.6. The number of thioether (sulfide) groups is 1. The molecule has 0 bridgehead atoms. The molecule has 0 radical (unpaired) electrons. The minimum Gasteiger partial charge on any atom is -0.465 e. The van der Waals surface area contributed by atoms with Gasteiger partial charge in [0.1, 0.15) is 12.1 Å². The van der Waals surface area contributed by atoms with Crippen LogP contribution in [0.4, 0.5) is 0 Å². The maximum absolute atomic E-state index is 13.1. The van der Waals surface area contributed by atoms with E-state index in [2.05, 4.69) is 5.32 Å². The monoisotopic (exact) mass is 436 g/mol. The van der Waals surface area contributed by atoms with Gasteiger partial charge in [-0.05, 0) is 39.2 Å². The van der Waals surface area contributed by atoms with Crippen molar-refractivity contribution in [3.63, 3.8) is 0 Å². The highest BCUT2D eigenvalue weighted by Crippen LogP contribution is 2.19. The maximum Gasteiger partial charge on any atom is 0.329 e. The average molecular weight is 437 g/mol. The average Bonchev–Trinajstić information content (AvgIpc) is 2.77. The van der Waals surface area contributed by atoms with Crippen LogP contribution in [0.3, 0.4) is 0 Å². The van der Waals surface area contributed by atoms with Crippen LogP contribution < -0.4 is 5.32 Å². The largest absolute Gasteiger partial charge is 0.465 e. The molecule has 0 aromatic heterocycles. The normalized spacial score (nSPS) is 18.4. The summed E-state index contributed by atoms with van der Waals surface area (Å²) in [4.78, 5) is 39.4. The lowest BCUT2D eigenvalue weighted by atomic mass is 10.0. The van der Waals surface area contributed by atoms with E-state index in [0.29, 0.717) is 25.1 Å². The van der Waals surface area contributed by atoms with E-state index in [1.807, 2.05) is 30.3 Å². The van der Waals surface area contributed by atoms with Crippen LogP contribution in [0, 0.1) is 0 Å². The first-order valence-electron chi connectivity index (χ1n) is 10.5. The van der Waals surface area contributed by atoms with Crippen molar-refractivity contribution in [1.29, 1.82) is 0 Å². The molecule has 3 atom stereocenters. The molecular weight excluding hydrogens is 404 g/mol. The third kappa shape index (κ3) is 7.02. The lowest BCUT2D eigenvalue weighted by Gasteiger charge is -2.36. The number of rotatable bonds is 10. The molecule has 7 nitrogen and oxygen atoms in total. The summed E-state index contributed by atoms with van der Waals surface area (Å²) in [6.07, 6.45) is 1.20. The van der Waals surface area contributed by atoms with Crippen LogP contribution in [-0.4, -0.2) is 72.1 Å². The van der Waals surface area contributed by atoms with E-state index >= 15 is 0 Å². The summed E-state index contributed by atoms with van der Waals surface area (Å²) in [6.45, 7) is 6.27. The summed E-state index contributed by atoms with van der Waals surface area (Å²) in [6, 6.07) is 8.04. The van der Waals surface area contributed by atoms with Gasteiger partial charge in [0.15, 0.2) is 0 Å². The van der Waals surface area contributed by atoms with Gasteiger partial charge in [-0.15, -0.1) is 0 Å². The Morgan fingerprint density at radius 2 is 1.87 bits per heavy atom. The smallest absolute Gasteiger partial charge is 0.329 e. The minimum atomic E-state index is -0.629. The molecule has 166 valence electrons. The molecule has 1 aliphatic heterocycles. The van der Waals surface area contributed by atoms with Crippen LogP contribution in [0.5, 0.6) is 0 Å². The highest BCUT2D eigenvalue weighted by atomic mass is 32.2. The molecule has 1 N–H and O–H groups in total. The van der Waals surface area contributed by atoms with E-state index in [0.717, 1.165) is 11.3 Å². The quantitative estimate of drug-likeness (QED) is 0.562. The van der Waals surface area contributed by atoms with Gasteiger partial charge in [-0.25, -0.2) is 4.79 Å². The van der Waals surface area contributed by atoms with Crippen LogP contribution in [0.15, 0.2) is 30.3 Å². The lowest BCUT2D eigenvalue weighted by molar-refractivity contribution is -0.155. The predicted octanol–water partition coefficient (Wildman–Crippen LogP) is 2.04. The minimum absolute atomic E-state index is 0.206. The van der Waals surface area contributed by atoms with Crippen LogP contribution in [0.2, 0.25) is 0 Å². The number of hydrogen-bond donors (Lipinski definition) is 1. The second kappa shape index (κ2) is 12.6. The molecule has 0 saturated carbocycles. The van der Waals surface area contributed by atoms with Crippen molar-refractivity contribution in [2.24, 2.45) is 0 Å². The number of carbonyl (C=O) groups excluding carboxylic acids is 3. The molecule has 0 aliphatic carbocycles. The number of esters is 2. The highest BCUT2D eigenvalue weighted by Gasteiger charge is 2.36. The second-order valence-corrected chi connectivity index (χ2v) is 8.24. The Kier molecular flexibility index (Phi) is 10.2. The number of amides is 1. The Balaban J connectivity index is 2.04. The van der Waals surface area contributed by atoms with Crippen LogP contribution in [0.1, 0.15) is 32.8 Å². The summed E-state index contributed by atoms with van der Waals surface area (Å²) >= 11 is 1.63. The summed E-state index contributed by atoms with van der Waals surface area (Å²) < 4.78 is 10.3. The van der Waals surface area contributed by atoms with Crippen LogP contribution >= 0.6 is 11.8 Å². The third-order valence-corrected chi connectivity index (χ3v) is 5.95. The van der Waals surface area contributed by atoms with Gasteiger partial charge < -0.3 is 14.4 Å². The number of aryl methyl sites for hydroxylation is 1. The van der Waals surface area contributed by atoms with Crippen molar-refractivity contribution in [3.8, 4) is 0 Å². The Morgan fingerprint density at radius 1 is 1.17 bits per heavy atom. The number of nitrogens with one attached hydrogen (secondary N) is 1. The SMILES string of the molecule is CCOC(=O)C(CCc1ccccc1)N[C@@H](C)C(=O)N1CCSCC1C(=O)OCC. The van der Waals surface area contributed by atoms with Crippen molar-refractivity contribution in [2.75, 3.05) is 31.3 Å². The van der Waals surface area contributed by atoms with Crippen molar-refractivity contribution in [1.82, 2.24) is 10.2 Å². The van der Waals surface area contributed by atoms with Crippen LogP contribution in [0.25, 0.3) is 0 Å². The van der Waals surface area contributed by atoms with Gasteiger partial charge in [-0.2, -0.15) is 11.8 Å². The molecular formula is C22H32N2O5S. The van der Waals surface area contributed by atoms with E-state index in [-0.39, 0.29) is 31.1 Å². The summed E-state index contributed by atoms with van der Waals surface area (Å²) in [7, 11) is 0. The van der Waals surface area contributed by atoms with Crippen molar-refractivity contribution in [3.05, 3.63) is 35.9 Å². The van der Waals surface area contributed by atoms with Gasteiger partial charge in [-0.1, -0.05) is 30.3 Å². The fourth-order valence-corrected chi connectivity index (χ4v) is 4.42. The zero-order valence-electron chi connectivity index (χ0n) is 18.0. The zero-order valence-corrected chi connectivity index (χ0v) is 18.8. The van der Waals surface area contributed by atoms with E-state index < -0.39 is 18.1 Å². The predicted molar refractivity (Wildman–Crippen MR) is 117 cm³/mol. The maximum atomic E-state index is 13.1. The molecule has 2 unspecified atom stereocenters. The van der Waals surface area contributed by atoms with E-state index in [1.54, 1.807) is 37.4 Å². The molecule has 1 aromatic rings. The number of carbonyl (C=O) groups is 3. The molecule has 2 rings (SSSR count). The van der Waals surface area contributed by atoms with Gasteiger partial charge in [0.05, 0.1) is 19.3 Å². The topological polar surface area (TPSA) is 84.9 Å². The third-order valence-electron chi connectivity index (χ3n) is 4.93. The van der Waals surface area contributed by atoms with Crippen LogP contribution in [-0.2, 0) is 30.3 Å². The van der Waals surface area contributed by atoms with Gasteiger partial charge in [0.2, 0.25) is 5.91 Å². The number of ether oxygens (including phenoxy) is 2. The number of benzene rings is 1. The van der Waals surface area contributed by atoms with E-state index in [9.17, 15) is 14.4 Å². The first kappa shape index (κ1) is 24.2. The first-order chi connectivity index (χ1) is 14.5. The Hall–Kier alpha value is -2.06. The van der Waals surface area contributed by atoms with Crippen molar-refractivity contribution >= 4 is 29.6 Å². The molecule has 1 aliphatic rings. The fourth-order valence-electron chi connectivity index (χ4n) is 3.39.